The number of alkyl halides is 3. The van der Waals surface area contributed by atoms with Gasteiger partial charge in [0.05, 0.1) is 6.54 Å². The third kappa shape index (κ3) is 7.37. The van der Waals surface area contributed by atoms with E-state index in [-0.39, 0.29) is 19.7 Å². The lowest BCUT2D eigenvalue weighted by Crippen LogP contribution is -2.40. The monoisotopic (exact) mass is 340 g/mol. The van der Waals surface area contributed by atoms with E-state index >= 15 is 0 Å². The lowest BCUT2D eigenvalue weighted by Gasteiger charge is -2.14. The van der Waals surface area contributed by atoms with Gasteiger partial charge in [0.1, 0.15) is 12.4 Å². The van der Waals surface area contributed by atoms with Gasteiger partial charge in [-0.2, -0.15) is 13.2 Å². The lowest BCUT2D eigenvalue weighted by atomic mass is 10.2. The van der Waals surface area contributed by atoms with Crippen LogP contribution in [-0.2, 0) is 0 Å². The van der Waals surface area contributed by atoms with Crippen molar-refractivity contribution in [3.05, 3.63) is 29.3 Å². The van der Waals surface area contributed by atoms with Gasteiger partial charge in [-0.15, -0.1) is 0 Å². The largest absolute Gasteiger partial charge is 0.492 e. The smallest absolute Gasteiger partial charge is 0.414 e. The first-order chi connectivity index (χ1) is 10.3. The molecule has 1 aromatic rings. The van der Waals surface area contributed by atoms with E-state index in [0.717, 1.165) is 0 Å². The normalized spacial score (nSPS) is 12.6. The molecule has 9 heteroatoms. The Hall–Kier alpha value is -1.67. The third-order valence-electron chi connectivity index (χ3n) is 2.53. The fourth-order valence-electron chi connectivity index (χ4n) is 1.44. The summed E-state index contributed by atoms with van der Waals surface area (Å²) in [6, 6.07) is 6.08. The van der Waals surface area contributed by atoms with Gasteiger partial charge in [0, 0.05) is 11.6 Å². The number of aliphatic hydroxyl groups is 1. The van der Waals surface area contributed by atoms with Crippen molar-refractivity contribution in [3.8, 4) is 5.75 Å². The Labute approximate surface area is 130 Å². The van der Waals surface area contributed by atoms with Crippen molar-refractivity contribution < 1.29 is 27.8 Å². The Morgan fingerprint density at radius 3 is 2.64 bits per heavy atom. The van der Waals surface area contributed by atoms with Crippen molar-refractivity contribution in [2.45, 2.75) is 18.7 Å². The number of amides is 2. The van der Waals surface area contributed by atoms with Gasteiger partial charge in [0.2, 0.25) is 0 Å². The number of carbonyl (C=O) groups excluding carboxylic acids is 1. The number of hydrogen-bond donors (Lipinski definition) is 3. The SMILES string of the molecule is O=C(NCCOc1cccc(Cl)c1)NCC[C@H](O)C(F)(F)F. The Morgan fingerprint density at radius 1 is 1.32 bits per heavy atom. The maximum Gasteiger partial charge on any atom is 0.414 e. The molecule has 0 unspecified atom stereocenters. The van der Waals surface area contributed by atoms with E-state index in [2.05, 4.69) is 10.6 Å². The molecule has 0 saturated carbocycles. The minimum absolute atomic E-state index is 0.167. The molecule has 0 aliphatic heterocycles. The molecular formula is C13H16ClF3N2O3. The zero-order valence-electron chi connectivity index (χ0n) is 11.5. The van der Waals surface area contributed by atoms with Crippen LogP contribution in [0.5, 0.6) is 5.75 Å². The maximum atomic E-state index is 12.0. The zero-order chi connectivity index (χ0) is 16.6. The number of nitrogens with one attached hydrogen (secondary N) is 2. The fourth-order valence-corrected chi connectivity index (χ4v) is 1.62. The topological polar surface area (TPSA) is 70.6 Å². The highest BCUT2D eigenvalue weighted by Gasteiger charge is 2.37. The van der Waals surface area contributed by atoms with Crippen molar-refractivity contribution in [2.75, 3.05) is 19.7 Å². The van der Waals surface area contributed by atoms with E-state index in [1.165, 1.54) is 0 Å². The van der Waals surface area contributed by atoms with Gasteiger partial charge in [-0.3, -0.25) is 0 Å². The molecule has 0 spiro atoms. The molecule has 0 aliphatic carbocycles. The van der Waals surface area contributed by atoms with E-state index in [9.17, 15) is 18.0 Å². The van der Waals surface area contributed by atoms with E-state index in [1.54, 1.807) is 24.3 Å². The predicted octanol–water partition coefficient (Wildman–Crippen LogP) is 2.33. The molecular weight excluding hydrogens is 325 g/mol. The van der Waals surface area contributed by atoms with Gasteiger partial charge in [-0.25, -0.2) is 4.79 Å². The molecule has 3 N–H and O–H groups in total. The molecule has 124 valence electrons. The second-order valence-corrected chi connectivity index (χ2v) is 4.77. The van der Waals surface area contributed by atoms with Gasteiger partial charge in [0.15, 0.2) is 6.10 Å². The highest BCUT2D eigenvalue weighted by Crippen LogP contribution is 2.21. The van der Waals surface area contributed by atoms with E-state index in [1.807, 2.05) is 0 Å². The second kappa shape index (κ2) is 8.70. The number of urea groups is 1. The number of hydrogen-bond acceptors (Lipinski definition) is 3. The van der Waals surface area contributed by atoms with Crippen LogP contribution in [0, 0.1) is 0 Å². The summed E-state index contributed by atoms with van der Waals surface area (Å²) in [6.07, 6.45) is -7.72. The lowest BCUT2D eigenvalue weighted by molar-refractivity contribution is -0.204. The summed E-state index contributed by atoms with van der Waals surface area (Å²) >= 11 is 5.76. The van der Waals surface area contributed by atoms with Gasteiger partial charge >= 0.3 is 12.2 Å². The van der Waals surface area contributed by atoms with Gasteiger partial charge < -0.3 is 20.5 Å². The maximum absolute atomic E-state index is 12.0. The number of carbonyl (C=O) groups is 1. The molecule has 22 heavy (non-hydrogen) atoms. The molecule has 1 atom stereocenters. The van der Waals surface area contributed by atoms with E-state index in [4.69, 9.17) is 21.4 Å². The van der Waals surface area contributed by atoms with Crippen molar-refractivity contribution >= 4 is 17.6 Å². The average molecular weight is 341 g/mol. The second-order valence-electron chi connectivity index (χ2n) is 4.33. The predicted molar refractivity (Wildman–Crippen MR) is 75.0 cm³/mol. The minimum atomic E-state index is -4.68. The summed E-state index contributed by atoms with van der Waals surface area (Å²) in [7, 11) is 0. The Kier molecular flexibility index (Phi) is 7.26. The van der Waals surface area contributed by atoms with Crippen molar-refractivity contribution in [3.63, 3.8) is 0 Å². The number of rotatable bonds is 7. The molecule has 0 fully saturated rings. The van der Waals surface area contributed by atoms with E-state index < -0.39 is 24.7 Å². The molecule has 1 aromatic carbocycles. The highest BCUT2D eigenvalue weighted by molar-refractivity contribution is 6.30. The molecule has 1 rings (SSSR count). The summed E-state index contributed by atoms with van der Waals surface area (Å²) in [6.45, 7) is 0.0563. The van der Waals surface area contributed by atoms with E-state index in [0.29, 0.717) is 10.8 Å². The number of benzene rings is 1. The van der Waals surface area contributed by atoms with Crippen LogP contribution in [0.15, 0.2) is 24.3 Å². The van der Waals surface area contributed by atoms with Gasteiger partial charge in [-0.05, 0) is 24.6 Å². The number of halogens is 4. The number of ether oxygens (including phenoxy) is 1. The van der Waals surface area contributed by atoms with Crippen LogP contribution < -0.4 is 15.4 Å². The Morgan fingerprint density at radius 2 is 2.00 bits per heavy atom. The first-order valence-electron chi connectivity index (χ1n) is 6.44. The summed E-state index contributed by atoms with van der Waals surface area (Å²) in [5, 5.41) is 13.9. The summed E-state index contributed by atoms with van der Waals surface area (Å²) in [5.41, 5.74) is 0. The first kappa shape index (κ1) is 18.4. The Balaban J connectivity index is 2.11. The molecule has 5 nitrogen and oxygen atoms in total. The quantitative estimate of drug-likeness (QED) is 0.667. The molecule has 0 bridgehead atoms. The Bertz CT molecular complexity index is 486. The highest BCUT2D eigenvalue weighted by atomic mass is 35.5. The fraction of sp³-hybridized carbons (Fsp3) is 0.462. The third-order valence-corrected chi connectivity index (χ3v) is 2.77. The van der Waals surface area contributed by atoms with Crippen LogP contribution in [0.2, 0.25) is 5.02 Å². The molecule has 0 aliphatic rings. The van der Waals surface area contributed by atoms with Crippen LogP contribution in [0.4, 0.5) is 18.0 Å². The van der Waals surface area contributed by atoms with Crippen LogP contribution in [0.1, 0.15) is 6.42 Å². The zero-order valence-corrected chi connectivity index (χ0v) is 12.2. The first-order valence-corrected chi connectivity index (χ1v) is 6.81. The average Bonchev–Trinajstić information content (AvgIpc) is 2.42. The van der Waals surface area contributed by atoms with Crippen LogP contribution in [0.25, 0.3) is 0 Å². The van der Waals surface area contributed by atoms with Gasteiger partial charge in [-0.1, -0.05) is 17.7 Å². The molecule has 0 radical (unpaired) electrons. The molecule has 0 heterocycles. The molecule has 0 saturated heterocycles. The van der Waals surface area contributed by atoms with Crippen LogP contribution in [0.3, 0.4) is 0 Å². The summed E-state index contributed by atoms with van der Waals surface area (Å²) in [5.74, 6) is 0.544. The summed E-state index contributed by atoms with van der Waals surface area (Å²) in [4.78, 5) is 11.3. The molecule has 0 aromatic heterocycles. The van der Waals surface area contributed by atoms with Crippen LogP contribution in [-0.4, -0.2) is 43.1 Å². The van der Waals surface area contributed by atoms with Crippen molar-refractivity contribution in [1.29, 1.82) is 0 Å². The minimum Gasteiger partial charge on any atom is -0.492 e. The van der Waals surface area contributed by atoms with Crippen molar-refractivity contribution in [1.82, 2.24) is 10.6 Å². The molecule has 2 amide bonds. The van der Waals surface area contributed by atoms with Crippen molar-refractivity contribution in [2.24, 2.45) is 0 Å². The van der Waals surface area contributed by atoms with Crippen LogP contribution >= 0.6 is 11.6 Å². The summed E-state index contributed by atoms with van der Waals surface area (Å²) < 4.78 is 41.3. The van der Waals surface area contributed by atoms with Gasteiger partial charge in [0.25, 0.3) is 0 Å². The number of aliphatic hydroxyl groups excluding tert-OH is 1. The standard InChI is InChI=1S/C13H16ClF3N2O3/c14-9-2-1-3-10(8-9)22-7-6-19-12(21)18-5-4-11(20)13(15,16)17/h1-3,8,11,20H,4-7H2,(H2,18,19,21)/t11-/m0/s1.